The van der Waals surface area contributed by atoms with Crippen LogP contribution in [-0.4, -0.2) is 42.3 Å². The maximum Gasteiger partial charge on any atom is 0.314 e. The van der Waals surface area contributed by atoms with E-state index in [9.17, 15) is 4.79 Å². The first-order chi connectivity index (χ1) is 5.72. The normalized spacial score (nSPS) is 9.83. The van der Waals surface area contributed by atoms with Gasteiger partial charge in [0.2, 0.25) is 0 Å². The van der Waals surface area contributed by atoms with Gasteiger partial charge in [0.25, 0.3) is 0 Å². The van der Waals surface area contributed by atoms with Gasteiger partial charge in [-0.25, -0.2) is 4.79 Å². The van der Waals surface area contributed by atoms with Crippen LogP contribution in [0.5, 0.6) is 0 Å². The minimum absolute atomic E-state index is 0.0845. The number of rotatable bonds is 6. The van der Waals surface area contributed by atoms with Crippen molar-refractivity contribution < 1.29 is 14.6 Å². The zero-order valence-corrected chi connectivity index (χ0v) is 7.19. The summed E-state index contributed by atoms with van der Waals surface area (Å²) in [7, 11) is 0. The highest BCUT2D eigenvalue weighted by molar-refractivity contribution is 5.71. The van der Waals surface area contributed by atoms with E-state index >= 15 is 0 Å². The van der Waals surface area contributed by atoms with E-state index in [0.717, 1.165) is 0 Å². The van der Waals surface area contributed by atoms with Gasteiger partial charge in [0.05, 0.1) is 19.8 Å². The number of hydrogen-bond acceptors (Lipinski definition) is 3. The Morgan fingerprint density at radius 2 is 2.33 bits per heavy atom. The molecule has 71 valence electrons. The molecule has 0 rings (SSSR count). The van der Waals surface area contributed by atoms with Gasteiger partial charge in [-0.1, -0.05) is 0 Å². The molecule has 0 bridgehead atoms. The van der Waals surface area contributed by atoms with E-state index in [2.05, 4.69) is 0 Å². The largest absolute Gasteiger partial charge is 0.395 e. The molecule has 0 saturated heterocycles. The van der Waals surface area contributed by atoms with Gasteiger partial charge < -0.3 is 20.5 Å². The topological polar surface area (TPSA) is 75.8 Å². The number of aliphatic hydroxyl groups is 1. The lowest BCUT2D eigenvalue weighted by atomic mass is 10.5. The van der Waals surface area contributed by atoms with Crippen molar-refractivity contribution in [2.45, 2.75) is 6.92 Å². The number of ether oxygens (including phenoxy) is 1. The molecule has 0 spiro atoms. The predicted octanol–water partition coefficient (Wildman–Crippen LogP) is -0.442. The molecule has 0 aliphatic heterocycles. The number of aliphatic hydroxyl groups excluding tert-OH is 1. The summed E-state index contributed by atoms with van der Waals surface area (Å²) in [5.41, 5.74) is 5.02. The lowest BCUT2D eigenvalue weighted by Gasteiger charge is -2.18. The third-order valence-electron chi connectivity index (χ3n) is 1.33. The van der Waals surface area contributed by atoms with Crippen LogP contribution in [0.3, 0.4) is 0 Å². The van der Waals surface area contributed by atoms with E-state index in [1.165, 1.54) is 11.5 Å². The van der Waals surface area contributed by atoms with Crippen molar-refractivity contribution in [3.05, 3.63) is 6.61 Å². The maximum absolute atomic E-state index is 10.7. The second-order valence-electron chi connectivity index (χ2n) is 2.16. The summed E-state index contributed by atoms with van der Waals surface area (Å²) in [5.74, 6) is 0. The van der Waals surface area contributed by atoms with Crippen LogP contribution in [0.25, 0.3) is 0 Å². The van der Waals surface area contributed by atoms with Gasteiger partial charge >= 0.3 is 6.03 Å². The van der Waals surface area contributed by atoms with Gasteiger partial charge in [0.15, 0.2) is 0 Å². The molecule has 1 radical (unpaired) electrons. The van der Waals surface area contributed by atoms with E-state index < -0.39 is 6.03 Å². The molecule has 12 heavy (non-hydrogen) atoms. The number of primary amides is 1. The van der Waals surface area contributed by atoms with E-state index in [-0.39, 0.29) is 13.2 Å². The molecule has 3 N–H and O–H groups in total. The number of hydrogen-bond donors (Lipinski definition) is 2. The quantitative estimate of drug-likeness (QED) is 0.537. The summed E-state index contributed by atoms with van der Waals surface area (Å²) in [6, 6.07) is -0.538. The fourth-order valence-electron chi connectivity index (χ4n) is 0.734. The molecule has 0 fully saturated rings. The Kier molecular flexibility index (Phi) is 6.41. The number of urea groups is 1. The van der Waals surface area contributed by atoms with Crippen molar-refractivity contribution in [2.24, 2.45) is 5.73 Å². The lowest BCUT2D eigenvalue weighted by molar-refractivity contribution is 0.143. The zero-order valence-electron chi connectivity index (χ0n) is 7.19. The summed E-state index contributed by atoms with van der Waals surface area (Å²) in [5, 5.41) is 8.54. The van der Waals surface area contributed by atoms with Crippen LogP contribution in [0.4, 0.5) is 4.79 Å². The van der Waals surface area contributed by atoms with Gasteiger partial charge in [-0.3, -0.25) is 0 Å². The minimum Gasteiger partial charge on any atom is -0.395 e. The fraction of sp³-hybridized carbons (Fsp3) is 0.714. The van der Waals surface area contributed by atoms with Crippen LogP contribution < -0.4 is 5.73 Å². The van der Waals surface area contributed by atoms with Crippen LogP contribution in [-0.2, 0) is 4.74 Å². The van der Waals surface area contributed by atoms with E-state index in [0.29, 0.717) is 13.2 Å². The molecule has 5 nitrogen and oxygen atoms in total. The SMILES string of the molecule is C[CH]OCCN(CCO)C(N)=O. The fourth-order valence-corrected chi connectivity index (χ4v) is 0.734. The van der Waals surface area contributed by atoms with Crippen molar-refractivity contribution in [1.29, 1.82) is 0 Å². The molecule has 2 amide bonds. The standard InChI is InChI=1S/C7H15N2O3/c1-2-12-6-4-9(3-5-10)7(8)11/h2,10H,3-6H2,1H3,(H2,8,11). The molecule has 0 aliphatic rings. The average molecular weight is 175 g/mol. The Balaban J connectivity index is 3.56. The smallest absolute Gasteiger partial charge is 0.314 e. The Bertz CT molecular complexity index is 130. The van der Waals surface area contributed by atoms with Gasteiger partial charge in [-0.15, -0.1) is 0 Å². The highest BCUT2D eigenvalue weighted by Crippen LogP contribution is 1.88. The van der Waals surface area contributed by atoms with Crippen LogP contribution in [0, 0.1) is 6.61 Å². The molecule has 0 unspecified atom stereocenters. The molecule has 0 aromatic heterocycles. The summed E-state index contributed by atoms with van der Waals surface area (Å²) >= 11 is 0. The monoisotopic (exact) mass is 175 g/mol. The molecular formula is C7H15N2O3. The summed E-state index contributed by atoms with van der Waals surface area (Å²) < 4.78 is 4.90. The van der Waals surface area contributed by atoms with E-state index in [1.54, 1.807) is 6.92 Å². The Hall–Kier alpha value is -0.810. The van der Waals surface area contributed by atoms with E-state index in [4.69, 9.17) is 15.6 Å². The van der Waals surface area contributed by atoms with Crippen LogP contribution in [0.15, 0.2) is 0 Å². The van der Waals surface area contributed by atoms with Gasteiger partial charge in [0, 0.05) is 13.1 Å². The zero-order chi connectivity index (χ0) is 9.40. The number of amides is 2. The highest BCUT2D eigenvalue weighted by Gasteiger charge is 2.07. The first kappa shape index (κ1) is 11.2. The van der Waals surface area contributed by atoms with Crippen molar-refractivity contribution in [3.8, 4) is 0 Å². The van der Waals surface area contributed by atoms with Gasteiger partial charge in [-0.2, -0.15) is 0 Å². The molecule has 0 aliphatic carbocycles. The van der Waals surface area contributed by atoms with Crippen molar-refractivity contribution >= 4 is 6.03 Å². The number of carbonyl (C=O) groups excluding carboxylic acids is 1. The van der Waals surface area contributed by atoms with Crippen LogP contribution >= 0.6 is 0 Å². The third-order valence-corrected chi connectivity index (χ3v) is 1.33. The first-order valence-corrected chi connectivity index (χ1v) is 3.77. The number of nitrogens with zero attached hydrogens (tertiary/aromatic N) is 1. The number of nitrogens with two attached hydrogens (primary N) is 1. The first-order valence-electron chi connectivity index (χ1n) is 3.77. The van der Waals surface area contributed by atoms with Crippen LogP contribution in [0.2, 0.25) is 0 Å². The maximum atomic E-state index is 10.7. The van der Waals surface area contributed by atoms with Crippen molar-refractivity contribution in [3.63, 3.8) is 0 Å². The molecular weight excluding hydrogens is 160 g/mol. The average Bonchev–Trinajstić information content (AvgIpc) is 2.03. The van der Waals surface area contributed by atoms with Crippen molar-refractivity contribution in [1.82, 2.24) is 4.90 Å². The lowest BCUT2D eigenvalue weighted by Crippen LogP contribution is -2.39. The predicted molar refractivity (Wildman–Crippen MR) is 44.2 cm³/mol. The third kappa shape index (κ3) is 4.92. The molecule has 5 heteroatoms. The summed E-state index contributed by atoms with van der Waals surface area (Å²) in [6.45, 7) is 4.26. The second kappa shape index (κ2) is 6.87. The van der Waals surface area contributed by atoms with Crippen LogP contribution in [0.1, 0.15) is 6.92 Å². The Labute approximate surface area is 72.1 Å². The molecule has 0 heterocycles. The Morgan fingerprint density at radius 1 is 1.67 bits per heavy atom. The minimum atomic E-state index is -0.538. The molecule has 0 aromatic carbocycles. The van der Waals surface area contributed by atoms with Gasteiger partial charge in [-0.05, 0) is 6.92 Å². The summed E-state index contributed by atoms with van der Waals surface area (Å²) in [6.07, 6.45) is 0. The van der Waals surface area contributed by atoms with Crippen molar-refractivity contribution in [2.75, 3.05) is 26.3 Å². The van der Waals surface area contributed by atoms with E-state index in [1.807, 2.05) is 0 Å². The second-order valence-corrected chi connectivity index (χ2v) is 2.16. The Morgan fingerprint density at radius 3 is 2.75 bits per heavy atom. The molecule has 0 aromatic rings. The number of carbonyl (C=O) groups is 1. The molecule has 0 saturated carbocycles. The highest BCUT2D eigenvalue weighted by atomic mass is 16.5. The summed E-state index contributed by atoms with van der Waals surface area (Å²) in [4.78, 5) is 12.0. The molecule has 0 atom stereocenters. The van der Waals surface area contributed by atoms with Gasteiger partial charge in [0.1, 0.15) is 0 Å².